The minimum absolute atomic E-state index is 0.236. The van der Waals surface area contributed by atoms with Crippen molar-refractivity contribution in [3.05, 3.63) is 66.5 Å². The first-order valence-corrected chi connectivity index (χ1v) is 7.83. The van der Waals surface area contributed by atoms with Crippen molar-refractivity contribution in [2.75, 3.05) is 19.4 Å². The maximum absolute atomic E-state index is 8.01. The fourth-order valence-corrected chi connectivity index (χ4v) is 1.88. The fraction of sp³-hybridized carbons (Fsp3) is 0.286. The van der Waals surface area contributed by atoms with Gasteiger partial charge in [-0.25, -0.2) is 0 Å². The molecule has 4 N–H and O–H groups in total. The molecule has 0 aliphatic heterocycles. The molecule has 0 saturated heterocycles. The number of hydrogen-bond acceptors (Lipinski definition) is 4. The molecule has 4 nitrogen and oxygen atoms in total. The van der Waals surface area contributed by atoms with Gasteiger partial charge in [-0.3, -0.25) is 0 Å². The van der Waals surface area contributed by atoms with E-state index in [-0.39, 0.29) is 11.3 Å². The van der Waals surface area contributed by atoms with Gasteiger partial charge < -0.3 is 16.4 Å². The van der Waals surface area contributed by atoms with E-state index in [0.717, 1.165) is 24.2 Å². The summed E-state index contributed by atoms with van der Waals surface area (Å²) in [6, 6.07) is 10.4. The van der Waals surface area contributed by atoms with Crippen LogP contribution in [0.4, 0.5) is 5.69 Å². The van der Waals surface area contributed by atoms with E-state index >= 15 is 0 Å². The normalized spacial score (nSPS) is 9.60. The molecule has 134 valence electrons. The molecule has 1 aromatic carbocycles. The summed E-state index contributed by atoms with van der Waals surface area (Å²) in [6.45, 7) is 12.8. The van der Waals surface area contributed by atoms with Crippen LogP contribution in [0.15, 0.2) is 61.0 Å². The Bertz CT molecular complexity index is 603. The van der Waals surface area contributed by atoms with Crippen LogP contribution in [0.3, 0.4) is 0 Å². The number of nitriles is 1. The fourth-order valence-electron chi connectivity index (χ4n) is 1.88. The zero-order valence-electron chi connectivity index (χ0n) is 15.6. The predicted octanol–water partition coefficient (Wildman–Crippen LogP) is 3.82. The summed E-state index contributed by atoms with van der Waals surface area (Å²) in [5, 5.41) is 14.2. The Morgan fingerprint density at radius 2 is 1.72 bits per heavy atom. The van der Waals surface area contributed by atoms with Gasteiger partial charge in [0.05, 0.1) is 5.57 Å². The monoisotopic (exact) mass is 338 g/mol. The van der Waals surface area contributed by atoms with E-state index in [9.17, 15) is 0 Å². The number of rotatable bonds is 7. The molecule has 0 radical (unpaired) electrons. The molecular formula is C21H30N4. The maximum Gasteiger partial charge on any atom is 0.101 e. The number of nitrogens with zero attached hydrogens (tertiary/aromatic N) is 1. The van der Waals surface area contributed by atoms with Gasteiger partial charge in [0.2, 0.25) is 0 Å². The van der Waals surface area contributed by atoms with Crippen molar-refractivity contribution >= 4 is 5.69 Å². The lowest BCUT2D eigenvalue weighted by molar-refractivity contribution is 0.559. The lowest BCUT2D eigenvalue weighted by Crippen LogP contribution is -2.10. The topological polar surface area (TPSA) is 73.9 Å². The Hall–Kier alpha value is -3.11. The van der Waals surface area contributed by atoms with Gasteiger partial charge in [0.1, 0.15) is 6.07 Å². The van der Waals surface area contributed by atoms with Crippen LogP contribution in [0.1, 0.15) is 18.9 Å². The van der Waals surface area contributed by atoms with Gasteiger partial charge in [-0.15, -0.1) is 12.8 Å². The van der Waals surface area contributed by atoms with Crippen LogP contribution < -0.4 is 16.4 Å². The first kappa shape index (κ1) is 24.1. The van der Waals surface area contributed by atoms with Crippen molar-refractivity contribution < 1.29 is 0 Å². The van der Waals surface area contributed by atoms with Crippen molar-refractivity contribution in [2.45, 2.75) is 19.8 Å². The van der Waals surface area contributed by atoms with Gasteiger partial charge in [0.25, 0.3) is 0 Å². The summed E-state index contributed by atoms with van der Waals surface area (Å²) >= 11 is 0. The Morgan fingerprint density at radius 3 is 2.04 bits per heavy atom. The third-order valence-corrected chi connectivity index (χ3v) is 3.30. The average molecular weight is 338 g/mol. The largest absolute Gasteiger partial charge is 0.398 e. The molecule has 4 heteroatoms. The predicted molar refractivity (Wildman–Crippen MR) is 110 cm³/mol. The highest BCUT2D eigenvalue weighted by molar-refractivity contribution is 5.43. The maximum atomic E-state index is 8.01. The number of benzene rings is 1. The van der Waals surface area contributed by atoms with Gasteiger partial charge >= 0.3 is 0 Å². The molecule has 0 bridgehead atoms. The van der Waals surface area contributed by atoms with Gasteiger partial charge in [-0.1, -0.05) is 38.8 Å². The molecule has 1 atom stereocenters. The zero-order chi connectivity index (χ0) is 19.8. The van der Waals surface area contributed by atoms with E-state index in [1.165, 1.54) is 5.56 Å². The Labute approximate surface area is 153 Å². The number of allylic oxidation sites excluding steroid dienone is 2. The second kappa shape index (κ2) is 14.5. The first-order valence-electron chi connectivity index (χ1n) is 7.83. The number of hydrogen-bond donors (Lipinski definition) is 3. The Morgan fingerprint density at radius 1 is 1.20 bits per heavy atom. The van der Waals surface area contributed by atoms with E-state index < -0.39 is 0 Å². The van der Waals surface area contributed by atoms with E-state index in [1.54, 1.807) is 6.07 Å². The zero-order valence-corrected chi connectivity index (χ0v) is 15.6. The highest BCUT2D eigenvalue weighted by Gasteiger charge is 2.05. The Balaban J connectivity index is 0. The molecule has 1 rings (SSSR count). The summed E-state index contributed by atoms with van der Waals surface area (Å²) in [5.74, 6) is 0.625. The Kier molecular flexibility index (Phi) is 14.0. The molecular weight excluding hydrogens is 308 g/mol. The van der Waals surface area contributed by atoms with E-state index in [0.29, 0.717) is 5.92 Å². The average Bonchev–Trinajstić information content (AvgIpc) is 2.63. The molecule has 1 unspecified atom stereocenters. The second-order valence-corrected chi connectivity index (χ2v) is 5.43. The summed E-state index contributed by atoms with van der Waals surface area (Å²) in [4.78, 5) is 0. The number of nitrogens with one attached hydrogen (secondary N) is 2. The van der Waals surface area contributed by atoms with Crippen LogP contribution in [0, 0.1) is 30.1 Å². The lowest BCUT2D eigenvalue weighted by atomic mass is 9.97. The minimum atomic E-state index is 0.236. The minimum Gasteiger partial charge on any atom is -0.398 e. The van der Waals surface area contributed by atoms with Gasteiger partial charge in [-0.05, 0) is 36.5 Å². The standard InChI is InChI=1S/C14H22N2.C5H6N2.C2H2/c1-11(9-12(2)15-3)10-13-5-7-14(16-4)8-6-13;1-4(3-6)5(2)7;1-2/h5-8,11,15-16H,2,9-10H2,1,3-4H3;1-2,7H2;1-2H. The molecule has 0 heterocycles. The SMILES string of the molecule is C#C.C=C(CC(C)Cc1ccc(NC)cc1)NC.C=C(N)C(=C)C#N. The molecule has 0 aliphatic rings. The van der Waals surface area contributed by atoms with Crippen LogP contribution >= 0.6 is 0 Å². The van der Waals surface area contributed by atoms with Crippen molar-refractivity contribution in [3.63, 3.8) is 0 Å². The van der Waals surface area contributed by atoms with E-state index in [4.69, 9.17) is 11.0 Å². The van der Waals surface area contributed by atoms with Crippen molar-refractivity contribution in [3.8, 4) is 18.9 Å². The van der Waals surface area contributed by atoms with Crippen LogP contribution in [0.2, 0.25) is 0 Å². The summed E-state index contributed by atoms with van der Waals surface area (Å²) in [7, 11) is 3.87. The molecule has 0 amide bonds. The van der Waals surface area contributed by atoms with E-state index in [2.05, 4.69) is 74.4 Å². The smallest absolute Gasteiger partial charge is 0.101 e. The first-order chi connectivity index (χ1) is 11.8. The van der Waals surface area contributed by atoms with Crippen LogP contribution in [0.25, 0.3) is 0 Å². The quantitative estimate of drug-likeness (QED) is 0.401. The highest BCUT2D eigenvalue weighted by Crippen LogP contribution is 2.16. The molecule has 25 heavy (non-hydrogen) atoms. The van der Waals surface area contributed by atoms with Gasteiger partial charge in [0, 0.05) is 31.2 Å². The van der Waals surface area contributed by atoms with Gasteiger partial charge in [0.15, 0.2) is 0 Å². The highest BCUT2D eigenvalue weighted by atomic mass is 14.8. The molecule has 0 aromatic heterocycles. The molecule has 0 spiro atoms. The summed E-state index contributed by atoms with van der Waals surface area (Å²) in [6.07, 6.45) is 10.1. The summed E-state index contributed by atoms with van der Waals surface area (Å²) < 4.78 is 0. The third kappa shape index (κ3) is 12.0. The third-order valence-electron chi connectivity index (χ3n) is 3.30. The van der Waals surface area contributed by atoms with Crippen LogP contribution in [0.5, 0.6) is 0 Å². The van der Waals surface area contributed by atoms with Crippen molar-refractivity contribution in [1.82, 2.24) is 5.32 Å². The van der Waals surface area contributed by atoms with Gasteiger partial charge in [-0.2, -0.15) is 5.26 Å². The number of nitrogens with two attached hydrogens (primary N) is 1. The lowest BCUT2D eigenvalue weighted by Gasteiger charge is -2.13. The van der Waals surface area contributed by atoms with Crippen LogP contribution in [-0.4, -0.2) is 14.1 Å². The van der Waals surface area contributed by atoms with E-state index in [1.807, 2.05) is 14.1 Å². The molecule has 0 fully saturated rings. The number of terminal acetylenes is 1. The summed E-state index contributed by atoms with van der Waals surface area (Å²) in [5.41, 5.74) is 9.16. The van der Waals surface area contributed by atoms with Crippen molar-refractivity contribution in [1.29, 1.82) is 5.26 Å². The molecule has 0 saturated carbocycles. The van der Waals surface area contributed by atoms with Crippen LogP contribution in [-0.2, 0) is 6.42 Å². The number of anilines is 1. The second-order valence-electron chi connectivity index (χ2n) is 5.43. The molecule has 1 aromatic rings. The molecule has 0 aliphatic carbocycles. The van der Waals surface area contributed by atoms with Crippen molar-refractivity contribution in [2.24, 2.45) is 11.7 Å².